The molecule has 0 bridgehead atoms. The number of imidazole rings is 1. The summed E-state index contributed by atoms with van der Waals surface area (Å²) < 4.78 is 54.0. The van der Waals surface area contributed by atoms with Gasteiger partial charge in [0.25, 0.3) is 0 Å². The fourth-order valence-electron chi connectivity index (χ4n) is 4.90. The third kappa shape index (κ3) is 6.70. The molecule has 0 spiro atoms. The molecule has 44 heavy (non-hydrogen) atoms. The van der Waals surface area contributed by atoms with Gasteiger partial charge in [0.1, 0.15) is 29.3 Å². The summed E-state index contributed by atoms with van der Waals surface area (Å²) in [6.07, 6.45) is -2.15. The van der Waals surface area contributed by atoms with Crippen LogP contribution in [0.2, 0.25) is 0 Å². The van der Waals surface area contributed by atoms with Crippen molar-refractivity contribution < 1.29 is 37.4 Å². The smallest absolute Gasteiger partial charge is 0.459 e. The van der Waals surface area contributed by atoms with Crippen molar-refractivity contribution in [2.75, 3.05) is 24.4 Å². The Balaban J connectivity index is 1.41. The van der Waals surface area contributed by atoms with Crippen molar-refractivity contribution in [2.24, 2.45) is 0 Å². The topological polar surface area (TPSA) is 150 Å². The maximum Gasteiger partial charge on any atom is 0.459 e. The number of nitrogens with one attached hydrogen (secondary N) is 1. The van der Waals surface area contributed by atoms with Gasteiger partial charge in [-0.2, -0.15) is 5.09 Å². The van der Waals surface area contributed by atoms with Gasteiger partial charge >= 0.3 is 13.7 Å². The number of aliphatic hydroxyl groups excluding tert-OH is 1. The molecule has 6 atom stereocenters. The summed E-state index contributed by atoms with van der Waals surface area (Å²) in [4.78, 5) is 28.0. The molecule has 2 fully saturated rings. The van der Waals surface area contributed by atoms with E-state index < -0.39 is 62.5 Å². The maximum absolute atomic E-state index is 15.9. The van der Waals surface area contributed by atoms with Gasteiger partial charge in [-0.15, -0.1) is 11.6 Å². The summed E-state index contributed by atoms with van der Waals surface area (Å²) in [6, 6.07) is 7.38. The number of ether oxygens (including phenoxy) is 2. The first-order chi connectivity index (χ1) is 20.9. The van der Waals surface area contributed by atoms with Gasteiger partial charge in [-0.05, 0) is 52.7 Å². The molecule has 1 unspecified atom stereocenters. The van der Waals surface area contributed by atoms with Crippen LogP contribution in [0.4, 0.5) is 10.2 Å². The minimum Gasteiger partial charge on any atom is -0.462 e. The zero-order valence-corrected chi connectivity index (χ0v) is 26.7. The van der Waals surface area contributed by atoms with E-state index in [4.69, 9.17) is 30.1 Å². The predicted molar refractivity (Wildman–Crippen MR) is 160 cm³/mol. The highest BCUT2D eigenvalue weighted by Crippen LogP contribution is 2.49. The quantitative estimate of drug-likeness (QED) is 0.155. The SMILES string of the molecule is Cc1nc(N(C)C2CC2)c2ncn([C@@H]3O[C@](CCl)(COP(=O)(N[C@@H](C)C(=O)OC(C)C)Oc4ccccc4)[C@@H](O)[C@H]3F)c2n1. The predicted octanol–water partition coefficient (Wildman–Crippen LogP) is 4.07. The number of alkyl halides is 2. The minimum atomic E-state index is -4.36. The van der Waals surface area contributed by atoms with Gasteiger partial charge in [-0.25, -0.2) is 23.9 Å². The number of aliphatic hydroxyl groups is 1. The molecule has 3 aromatic rings. The summed E-state index contributed by atoms with van der Waals surface area (Å²) in [6.45, 7) is 5.86. The molecule has 240 valence electrons. The number of nitrogens with zero attached hydrogens (tertiary/aromatic N) is 5. The highest BCUT2D eigenvalue weighted by Gasteiger charge is 2.57. The summed E-state index contributed by atoms with van der Waals surface area (Å²) in [5.74, 6) is 0.124. The number of rotatable bonds is 13. The van der Waals surface area contributed by atoms with Gasteiger partial charge in [0, 0.05) is 13.1 Å². The average Bonchev–Trinajstić information content (AvgIpc) is 3.71. The Morgan fingerprint density at radius 1 is 1.30 bits per heavy atom. The highest BCUT2D eigenvalue weighted by atomic mass is 35.5. The van der Waals surface area contributed by atoms with Gasteiger partial charge < -0.3 is 24.0 Å². The average molecular weight is 655 g/mol. The lowest BCUT2D eigenvalue weighted by atomic mass is 9.99. The molecule has 13 nitrogen and oxygen atoms in total. The number of hydrogen-bond donors (Lipinski definition) is 2. The summed E-state index contributed by atoms with van der Waals surface area (Å²) >= 11 is 6.29. The van der Waals surface area contributed by atoms with Crippen molar-refractivity contribution in [3.8, 4) is 5.75 Å². The molecule has 16 heteroatoms. The van der Waals surface area contributed by atoms with Crippen LogP contribution >= 0.6 is 19.3 Å². The molecule has 0 amide bonds. The van der Waals surface area contributed by atoms with E-state index in [1.54, 1.807) is 51.1 Å². The number of esters is 1. The van der Waals surface area contributed by atoms with Crippen LogP contribution in [0, 0.1) is 6.92 Å². The number of halogens is 2. The van der Waals surface area contributed by atoms with Crippen molar-refractivity contribution in [3.63, 3.8) is 0 Å². The standard InChI is InChI=1S/C28H37ClFN6O7P/c1-16(2)41-27(38)17(3)34-44(39,43-20-9-7-6-8-10-20)40-14-28(13-29)23(37)21(30)26(42-28)36-15-31-22-24(35(5)19-11-12-19)32-18(4)33-25(22)36/h6-10,15-17,19,21,23,26,37H,11-14H2,1-5H3,(H,34,39)/t17-,21+,23-,26+,28+,44?/m0/s1. The molecule has 5 rings (SSSR count). The van der Waals surface area contributed by atoms with Crippen LogP contribution in [0.1, 0.15) is 45.7 Å². The van der Waals surface area contributed by atoms with Crippen LogP contribution in [-0.4, -0.2) is 86.2 Å². The second kappa shape index (κ2) is 12.9. The van der Waals surface area contributed by atoms with Crippen LogP contribution in [0.15, 0.2) is 36.7 Å². The van der Waals surface area contributed by atoms with Crippen LogP contribution < -0.4 is 14.5 Å². The fourth-order valence-corrected chi connectivity index (χ4v) is 6.75. The van der Waals surface area contributed by atoms with Gasteiger partial charge in [0.05, 0.1) is 24.9 Å². The van der Waals surface area contributed by atoms with Crippen molar-refractivity contribution in [2.45, 2.75) is 82.8 Å². The molecule has 3 heterocycles. The Hall–Kier alpha value is -2.87. The van der Waals surface area contributed by atoms with E-state index in [2.05, 4.69) is 20.0 Å². The third-order valence-corrected chi connectivity index (χ3v) is 9.49. The third-order valence-electron chi connectivity index (χ3n) is 7.42. The second-order valence-electron chi connectivity index (χ2n) is 11.4. The first-order valence-corrected chi connectivity index (χ1v) is 16.4. The van der Waals surface area contributed by atoms with E-state index in [0.717, 1.165) is 12.8 Å². The van der Waals surface area contributed by atoms with E-state index in [1.165, 1.54) is 17.8 Å². The van der Waals surface area contributed by atoms with E-state index in [1.807, 2.05) is 11.9 Å². The number of para-hydroxylation sites is 1. The lowest BCUT2D eigenvalue weighted by molar-refractivity contribution is -0.149. The molecule has 1 saturated heterocycles. The normalized spacial score (nSPS) is 25.6. The summed E-state index contributed by atoms with van der Waals surface area (Å²) in [5, 5.41) is 13.7. The van der Waals surface area contributed by atoms with Crippen molar-refractivity contribution in [1.82, 2.24) is 24.6 Å². The molecular weight excluding hydrogens is 618 g/mol. The summed E-state index contributed by atoms with van der Waals surface area (Å²) in [7, 11) is -2.44. The molecule has 1 saturated carbocycles. The van der Waals surface area contributed by atoms with E-state index in [0.29, 0.717) is 28.8 Å². The number of hydrogen-bond acceptors (Lipinski definition) is 11. The zero-order valence-electron chi connectivity index (χ0n) is 25.1. The van der Waals surface area contributed by atoms with E-state index in [9.17, 15) is 14.5 Å². The minimum absolute atomic E-state index is 0.175. The van der Waals surface area contributed by atoms with Crippen LogP contribution in [-0.2, 0) is 23.4 Å². The number of aryl methyl sites for hydroxylation is 1. The summed E-state index contributed by atoms with van der Waals surface area (Å²) in [5.41, 5.74) is -1.08. The Kier molecular flexibility index (Phi) is 9.50. The molecule has 1 aliphatic heterocycles. The van der Waals surface area contributed by atoms with Gasteiger partial charge in [-0.3, -0.25) is 13.9 Å². The molecule has 1 aliphatic carbocycles. The Bertz CT molecular complexity index is 1530. The Morgan fingerprint density at radius 3 is 2.64 bits per heavy atom. The number of carbonyl (C=O) groups is 1. The Morgan fingerprint density at radius 2 is 2.00 bits per heavy atom. The van der Waals surface area contributed by atoms with E-state index >= 15 is 4.39 Å². The zero-order chi connectivity index (χ0) is 31.8. The number of fused-ring (bicyclic) bond motifs is 1. The van der Waals surface area contributed by atoms with Crippen molar-refractivity contribution in [3.05, 3.63) is 42.5 Å². The van der Waals surface area contributed by atoms with Crippen LogP contribution in [0.5, 0.6) is 5.75 Å². The fraction of sp³-hybridized carbons (Fsp3) is 0.571. The number of benzene rings is 1. The lowest BCUT2D eigenvalue weighted by Gasteiger charge is -2.31. The first kappa shape index (κ1) is 32.5. The van der Waals surface area contributed by atoms with Crippen molar-refractivity contribution in [1.29, 1.82) is 0 Å². The molecule has 2 aliphatic rings. The maximum atomic E-state index is 15.9. The monoisotopic (exact) mass is 654 g/mol. The first-order valence-electron chi connectivity index (χ1n) is 14.3. The number of anilines is 1. The van der Waals surface area contributed by atoms with Gasteiger partial charge in [0.2, 0.25) is 0 Å². The molecule has 2 aromatic heterocycles. The Labute approximate surface area is 259 Å². The lowest BCUT2D eigenvalue weighted by Crippen LogP contribution is -2.48. The highest BCUT2D eigenvalue weighted by molar-refractivity contribution is 7.52. The molecule has 1 aromatic carbocycles. The van der Waals surface area contributed by atoms with Gasteiger partial charge in [0.15, 0.2) is 29.4 Å². The number of aromatic nitrogens is 4. The molecule has 2 N–H and O–H groups in total. The largest absolute Gasteiger partial charge is 0.462 e. The van der Waals surface area contributed by atoms with Gasteiger partial charge in [-0.1, -0.05) is 18.2 Å². The van der Waals surface area contributed by atoms with Crippen LogP contribution in [0.25, 0.3) is 11.2 Å². The molecular formula is C28H37ClFN6O7P. The second-order valence-corrected chi connectivity index (χ2v) is 13.3. The molecule has 0 radical (unpaired) electrons. The van der Waals surface area contributed by atoms with Crippen LogP contribution in [0.3, 0.4) is 0 Å². The number of carbonyl (C=O) groups excluding carboxylic acids is 1. The van der Waals surface area contributed by atoms with Crippen molar-refractivity contribution >= 4 is 42.3 Å². The van der Waals surface area contributed by atoms with E-state index in [-0.39, 0.29) is 5.75 Å².